The molecule has 0 radical (unpaired) electrons. The molecule has 29 heavy (non-hydrogen) atoms. The largest absolute Gasteiger partial charge is 0.350 e. The number of alkyl halides is 2. The zero-order valence-corrected chi connectivity index (χ0v) is 14.9. The van der Waals surface area contributed by atoms with Crippen molar-refractivity contribution in [3.63, 3.8) is 0 Å². The van der Waals surface area contributed by atoms with Crippen molar-refractivity contribution < 1.29 is 13.2 Å². The van der Waals surface area contributed by atoms with Gasteiger partial charge in [-0.15, -0.1) is 0 Å². The van der Waals surface area contributed by atoms with E-state index < -0.39 is 11.8 Å². The summed E-state index contributed by atoms with van der Waals surface area (Å²) in [5, 5.41) is 20.1. The maximum Gasteiger partial charge on any atom is 0.257 e. The number of rotatable bonds is 6. The summed E-state index contributed by atoms with van der Waals surface area (Å²) >= 11 is 0. The number of benzene rings is 1. The van der Waals surface area contributed by atoms with Gasteiger partial charge in [0, 0.05) is 36.3 Å². The van der Waals surface area contributed by atoms with Crippen LogP contribution in [0.15, 0.2) is 36.7 Å². The number of fused-ring (bicyclic) bond motifs is 1. The highest BCUT2D eigenvalue weighted by Crippen LogP contribution is 2.55. The van der Waals surface area contributed by atoms with Crippen LogP contribution in [0.2, 0.25) is 0 Å². The van der Waals surface area contributed by atoms with E-state index in [-0.39, 0.29) is 12.2 Å². The second kappa shape index (κ2) is 6.47. The molecule has 4 aromatic rings. The molecule has 0 amide bonds. The van der Waals surface area contributed by atoms with Crippen LogP contribution in [0.25, 0.3) is 10.9 Å². The normalized spacial score (nSPS) is 17.4. The third-order valence-corrected chi connectivity index (χ3v) is 4.76. The van der Waals surface area contributed by atoms with Gasteiger partial charge in [-0.25, -0.2) is 18.2 Å². The number of H-pyrrole nitrogens is 2. The minimum Gasteiger partial charge on any atom is -0.350 e. The Labute approximate surface area is 162 Å². The molecule has 1 aliphatic rings. The molecule has 1 atom stereocenters. The maximum absolute atomic E-state index is 13.7. The lowest BCUT2D eigenvalue weighted by molar-refractivity contribution is 0.111. The van der Waals surface area contributed by atoms with Crippen LogP contribution in [0.3, 0.4) is 0 Å². The van der Waals surface area contributed by atoms with Crippen molar-refractivity contribution in [1.82, 2.24) is 30.4 Å². The fourth-order valence-electron chi connectivity index (χ4n) is 3.18. The predicted octanol–water partition coefficient (Wildman–Crippen LogP) is 3.69. The Bertz CT molecular complexity index is 1180. The molecule has 1 aliphatic carbocycles. The second-order valence-electron chi connectivity index (χ2n) is 6.87. The van der Waals surface area contributed by atoms with Crippen LogP contribution in [0, 0.1) is 5.82 Å². The number of hydrogen-bond donors (Lipinski definition) is 4. The summed E-state index contributed by atoms with van der Waals surface area (Å²) in [5.41, 5.74) is 1.70. The summed E-state index contributed by atoms with van der Waals surface area (Å²) in [7, 11) is 0. The fourth-order valence-corrected chi connectivity index (χ4v) is 3.18. The van der Waals surface area contributed by atoms with Gasteiger partial charge < -0.3 is 10.6 Å². The van der Waals surface area contributed by atoms with Gasteiger partial charge in [-0.3, -0.25) is 10.2 Å². The minimum atomic E-state index is -2.66. The lowest BCUT2D eigenvalue weighted by Gasteiger charge is -2.08. The van der Waals surface area contributed by atoms with Crippen molar-refractivity contribution in [2.45, 2.75) is 24.8 Å². The van der Waals surface area contributed by atoms with E-state index in [1.165, 1.54) is 12.1 Å². The Morgan fingerprint density at radius 2 is 2.03 bits per heavy atom. The van der Waals surface area contributed by atoms with Crippen LogP contribution in [-0.2, 0) is 6.54 Å². The second-order valence-corrected chi connectivity index (χ2v) is 6.87. The Morgan fingerprint density at radius 1 is 1.17 bits per heavy atom. The van der Waals surface area contributed by atoms with Crippen molar-refractivity contribution in [2.75, 3.05) is 10.6 Å². The zero-order valence-electron chi connectivity index (χ0n) is 14.9. The van der Waals surface area contributed by atoms with Crippen LogP contribution < -0.4 is 10.6 Å². The van der Waals surface area contributed by atoms with E-state index in [0.29, 0.717) is 40.9 Å². The summed E-state index contributed by atoms with van der Waals surface area (Å²) in [6.45, 7) is 0.292. The molecule has 148 valence electrons. The number of halogens is 3. The van der Waals surface area contributed by atoms with Gasteiger partial charge in [0.2, 0.25) is 5.95 Å². The van der Waals surface area contributed by atoms with Crippen molar-refractivity contribution in [3.05, 3.63) is 53.7 Å². The molecule has 0 aliphatic heterocycles. The maximum atomic E-state index is 13.7. The van der Waals surface area contributed by atoms with Crippen molar-refractivity contribution in [3.8, 4) is 0 Å². The lowest BCUT2D eigenvalue weighted by atomic mass is 10.1. The summed E-state index contributed by atoms with van der Waals surface area (Å²) < 4.78 is 40.1. The molecule has 0 spiro atoms. The third-order valence-electron chi connectivity index (χ3n) is 4.76. The first kappa shape index (κ1) is 17.5. The Hall–Kier alpha value is -3.63. The number of hydrogen-bond acceptors (Lipinski definition) is 6. The highest BCUT2D eigenvalue weighted by atomic mass is 19.3. The van der Waals surface area contributed by atoms with Gasteiger partial charge in [-0.2, -0.15) is 15.2 Å². The van der Waals surface area contributed by atoms with Crippen molar-refractivity contribution in [2.24, 2.45) is 0 Å². The molecule has 0 saturated heterocycles. The molecule has 3 aromatic heterocycles. The number of aromatic nitrogens is 6. The topological polar surface area (TPSA) is 107 Å². The molecule has 4 N–H and O–H groups in total. The van der Waals surface area contributed by atoms with E-state index >= 15 is 0 Å². The summed E-state index contributed by atoms with van der Waals surface area (Å²) in [6.07, 6.45) is 3.00. The number of nitrogens with one attached hydrogen (secondary N) is 4. The predicted molar refractivity (Wildman–Crippen MR) is 99.6 cm³/mol. The van der Waals surface area contributed by atoms with E-state index in [9.17, 15) is 13.2 Å². The zero-order chi connectivity index (χ0) is 20.0. The summed E-state index contributed by atoms with van der Waals surface area (Å²) in [5.74, 6) is -2.69. The first-order valence-corrected chi connectivity index (χ1v) is 8.86. The Kier molecular flexibility index (Phi) is 3.89. The third kappa shape index (κ3) is 3.46. The van der Waals surface area contributed by atoms with Crippen molar-refractivity contribution >= 4 is 28.5 Å². The van der Waals surface area contributed by atoms with Gasteiger partial charge in [0.1, 0.15) is 11.6 Å². The molecule has 11 heteroatoms. The Morgan fingerprint density at radius 3 is 2.86 bits per heavy atom. The van der Waals surface area contributed by atoms with Crippen molar-refractivity contribution in [1.29, 1.82) is 0 Å². The Balaban J connectivity index is 1.28. The molecule has 1 fully saturated rings. The lowest BCUT2D eigenvalue weighted by Crippen LogP contribution is -2.05. The standard InChI is InChI=1S/C18H15F3N8/c19-10-3-9(11-8-24-27-13(11)4-10)7-23-17-22-2-1-15(26-17)25-16-5-14(28-29-16)12-6-18(12,20)21/h1-5,8,12H,6-7H2,(H,24,27)(H3,22,23,25,26,28,29). The van der Waals surface area contributed by atoms with Gasteiger partial charge in [0.25, 0.3) is 5.92 Å². The molecule has 0 bridgehead atoms. The monoisotopic (exact) mass is 400 g/mol. The molecule has 1 unspecified atom stereocenters. The van der Waals surface area contributed by atoms with E-state index in [1.807, 2.05) is 0 Å². The minimum absolute atomic E-state index is 0.166. The molecular formula is C18H15F3N8. The first-order valence-electron chi connectivity index (χ1n) is 8.86. The molecule has 1 aromatic carbocycles. The van der Waals surface area contributed by atoms with Gasteiger partial charge in [-0.05, 0) is 23.8 Å². The van der Waals surface area contributed by atoms with Crippen LogP contribution in [0.1, 0.15) is 23.6 Å². The van der Waals surface area contributed by atoms with Gasteiger partial charge in [-0.1, -0.05) is 0 Å². The highest BCUT2D eigenvalue weighted by molar-refractivity contribution is 5.81. The summed E-state index contributed by atoms with van der Waals surface area (Å²) in [4.78, 5) is 8.46. The van der Waals surface area contributed by atoms with E-state index in [2.05, 4.69) is 41.0 Å². The van der Waals surface area contributed by atoms with Gasteiger partial charge in [0.05, 0.1) is 17.6 Å². The molecule has 1 saturated carbocycles. The van der Waals surface area contributed by atoms with Crippen LogP contribution in [0.5, 0.6) is 0 Å². The first-order chi connectivity index (χ1) is 14.0. The number of anilines is 3. The molecule has 3 heterocycles. The highest BCUT2D eigenvalue weighted by Gasteiger charge is 2.58. The van der Waals surface area contributed by atoms with Gasteiger partial charge >= 0.3 is 0 Å². The molecule has 8 nitrogen and oxygen atoms in total. The number of nitrogens with zero attached hydrogens (tertiary/aromatic N) is 4. The smallest absolute Gasteiger partial charge is 0.257 e. The SMILES string of the molecule is Fc1cc(CNc2nccc(Nc3cc(C4CC4(F)F)[nH]n3)n2)c2cn[nH]c2c1. The van der Waals surface area contributed by atoms with E-state index in [1.54, 1.807) is 24.5 Å². The van der Waals surface area contributed by atoms with Crippen LogP contribution in [-0.4, -0.2) is 36.3 Å². The van der Waals surface area contributed by atoms with Crippen LogP contribution in [0.4, 0.5) is 30.8 Å². The van der Waals surface area contributed by atoms with Gasteiger partial charge in [0.15, 0.2) is 5.82 Å². The number of aromatic amines is 2. The molecular weight excluding hydrogens is 385 g/mol. The fraction of sp³-hybridized carbons (Fsp3) is 0.222. The average molecular weight is 400 g/mol. The van der Waals surface area contributed by atoms with Crippen LogP contribution >= 0.6 is 0 Å². The average Bonchev–Trinajstić information content (AvgIpc) is 3.07. The quantitative estimate of drug-likeness (QED) is 0.393. The van der Waals surface area contributed by atoms with E-state index in [4.69, 9.17) is 0 Å². The summed E-state index contributed by atoms with van der Waals surface area (Å²) in [6, 6.07) is 5.97. The van der Waals surface area contributed by atoms with E-state index in [0.717, 1.165) is 5.39 Å². The molecule has 5 rings (SSSR count).